The SMILES string of the molecule is CCNC(=NCC1(O)CCc2ccccc21)NC(C)c1cc(OC)ccc1OC.I. The van der Waals surface area contributed by atoms with Crippen molar-refractivity contribution in [2.45, 2.75) is 38.3 Å². The Morgan fingerprint density at radius 3 is 2.67 bits per heavy atom. The highest BCUT2D eigenvalue weighted by Crippen LogP contribution is 2.37. The molecule has 0 saturated heterocycles. The van der Waals surface area contributed by atoms with Gasteiger partial charge in [0.05, 0.1) is 26.8 Å². The van der Waals surface area contributed by atoms with E-state index in [0.717, 1.165) is 35.6 Å². The van der Waals surface area contributed by atoms with Crippen LogP contribution >= 0.6 is 24.0 Å². The Hall–Kier alpha value is -2.00. The molecule has 0 heterocycles. The van der Waals surface area contributed by atoms with Crippen molar-refractivity contribution in [1.29, 1.82) is 0 Å². The van der Waals surface area contributed by atoms with E-state index in [1.54, 1.807) is 14.2 Å². The van der Waals surface area contributed by atoms with Crippen molar-refractivity contribution in [3.8, 4) is 11.5 Å². The van der Waals surface area contributed by atoms with Crippen LogP contribution in [0, 0.1) is 0 Å². The molecule has 164 valence electrons. The lowest BCUT2D eigenvalue weighted by Gasteiger charge is -2.24. The minimum absolute atomic E-state index is 0. The fraction of sp³-hybridized carbons (Fsp3) is 0.435. The van der Waals surface area contributed by atoms with E-state index in [-0.39, 0.29) is 30.0 Å². The van der Waals surface area contributed by atoms with E-state index in [9.17, 15) is 5.11 Å². The number of halogens is 1. The zero-order valence-corrected chi connectivity index (χ0v) is 20.4. The second-order valence-corrected chi connectivity index (χ2v) is 7.36. The Labute approximate surface area is 196 Å². The average Bonchev–Trinajstić information content (AvgIpc) is 3.09. The summed E-state index contributed by atoms with van der Waals surface area (Å²) in [6.07, 6.45) is 1.57. The summed E-state index contributed by atoms with van der Waals surface area (Å²) in [5.74, 6) is 2.21. The van der Waals surface area contributed by atoms with Crippen molar-refractivity contribution in [1.82, 2.24) is 10.6 Å². The molecule has 0 bridgehead atoms. The molecule has 0 saturated carbocycles. The van der Waals surface area contributed by atoms with Gasteiger partial charge in [0.25, 0.3) is 0 Å². The molecule has 6 nitrogen and oxygen atoms in total. The predicted molar refractivity (Wildman–Crippen MR) is 131 cm³/mol. The van der Waals surface area contributed by atoms with Gasteiger partial charge in [0, 0.05) is 12.1 Å². The van der Waals surface area contributed by atoms with Crippen LogP contribution in [0.2, 0.25) is 0 Å². The summed E-state index contributed by atoms with van der Waals surface area (Å²) >= 11 is 0. The van der Waals surface area contributed by atoms with Gasteiger partial charge in [-0.2, -0.15) is 0 Å². The maximum atomic E-state index is 11.2. The largest absolute Gasteiger partial charge is 0.497 e. The highest BCUT2D eigenvalue weighted by molar-refractivity contribution is 14.0. The Bertz CT molecular complexity index is 875. The molecule has 0 aliphatic heterocycles. The van der Waals surface area contributed by atoms with Crippen LogP contribution in [0.25, 0.3) is 0 Å². The van der Waals surface area contributed by atoms with E-state index in [2.05, 4.69) is 16.7 Å². The quantitative estimate of drug-likeness (QED) is 0.292. The first-order valence-corrected chi connectivity index (χ1v) is 10.1. The third kappa shape index (κ3) is 5.37. The summed E-state index contributed by atoms with van der Waals surface area (Å²) < 4.78 is 10.9. The number of rotatable bonds is 7. The van der Waals surface area contributed by atoms with Crippen LogP contribution in [0.15, 0.2) is 47.5 Å². The Morgan fingerprint density at radius 2 is 1.97 bits per heavy atom. The van der Waals surface area contributed by atoms with Crippen molar-refractivity contribution in [3.63, 3.8) is 0 Å². The molecule has 0 fully saturated rings. The Morgan fingerprint density at radius 1 is 1.20 bits per heavy atom. The van der Waals surface area contributed by atoms with Gasteiger partial charge in [-0.1, -0.05) is 24.3 Å². The standard InChI is InChI=1S/C23H31N3O3.HI/c1-5-24-22(25-15-23(27)13-12-17-8-6-7-9-20(17)23)26-16(2)19-14-18(28-3)10-11-21(19)29-4;/h6-11,14,16,27H,5,12-13,15H2,1-4H3,(H2,24,25,26);1H. The van der Waals surface area contributed by atoms with Crippen LogP contribution in [-0.2, 0) is 12.0 Å². The summed E-state index contributed by atoms with van der Waals surface area (Å²) in [5.41, 5.74) is 2.25. The molecule has 2 atom stereocenters. The number of aliphatic hydroxyl groups is 1. The van der Waals surface area contributed by atoms with E-state index < -0.39 is 5.60 Å². The predicted octanol–water partition coefficient (Wildman–Crippen LogP) is 3.77. The van der Waals surface area contributed by atoms with Crippen LogP contribution < -0.4 is 20.1 Å². The number of guanidine groups is 1. The van der Waals surface area contributed by atoms with Crippen LogP contribution in [0.3, 0.4) is 0 Å². The van der Waals surface area contributed by atoms with Crippen LogP contribution in [0.4, 0.5) is 0 Å². The highest BCUT2D eigenvalue weighted by Gasteiger charge is 2.36. The lowest BCUT2D eigenvalue weighted by atomic mass is 9.96. The van der Waals surface area contributed by atoms with Crippen molar-refractivity contribution >= 4 is 29.9 Å². The number of hydrogen-bond donors (Lipinski definition) is 3. The topological polar surface area (TPSA) is 75.1 Å². The number of nitrogens with one attached hydrogen (secondary N) is 2. The maximum Gasteiger partial charge on any atom is 0.191 e. The monoisotopic (exact) mass is 525 g/mol. The third-order valence-corrected chi connectivity index (χ3v) is 5.43. The Balaban J connectivity index is 0.00000320. The Kier molecular flexibility index (Phi) is 8.78. The molecule has 1 aliphatic carbocycles. The maximum absolute atomic E-state index is 11.2. The molecule has 3 N–H and O–H groups in total. The molecule has 2 aromatic carbocycles. The van der Waals surface area contributed by atoms with E-state index in [4.69, 9.17) is 14.5 Å². The number of methoxy groups -OCH3 is 2. The molecule has 7 heteroatoms. The van der Waals surface area contributed by atoms with Gasteiger partial charge >= 0.3 is 0 Å². The summed E-state index contributed by atoms with van der Waals surface area (Å²) in [6.45, 7) is 5.10. The molecule has 0 aromatic heterocycles. The normalized spacial score (nSPS) is 18.8. The van der Waals surface area contributed by atoms with E-state index in [1.807, 2.05) is 50.2 Å². The first-order chi connectivity index (χ1) is 14.0. The molecular weight excluding hydrogens is 493 g/mol. The van der Waals surface area contributed by atoms with E-state index in [1.165, 1.54) is 5.56 Å². The third-order valence-electron chi connectivity index (χ3n) is 5.43. The lowest BCUT2D eigenvalue weighted by molar-refractivity contribution is 0.0485. The molecule has 0 radical (unpaired) electrons. The first kappa shape index (κ1) is 24.3. The van der Waals surface area contributed by atoms with Gasteiger partial charge in [0.1, 0.15) is 17.1 Å². The first-order valence-electron chi connectivity index (χ1n) is 10.1. The van der Waals surface area contributed by atoms with E-state index >= 15 is 0 Å². The van der Waals surface area contributed by atoms with Crippen molar-refractivity contribution in [2.24, 2.45) is 4.99 Å². The molecule has 30 heavy (non-hydrogen) atoms. The summed E-state index contributed by atoms with van der Waals surface area (Å²) in [5, 5.41) is 17.9. The van der Waals surface area contributed by atoms with E-state index in [0.29, 0.717) is 18.9 Å². The lowest BCUT2D eigenvalue weighted by Crippen LogP contribution is -2.40. The van der Waals surface area contributed by atoms with Crippen molar-refractivity contribution in [2.75, 3.05) is 27.3 Å². The number of ether oxygens (including phenoxy) is 2. The average molecular weight is 525 g/mol. The smallest absolute Gasteiger partial charge is 0.191 e. The minimum Gasteiger partial charge on any atom is -0.497 e. The van der Waals surface area contributed by atoms with Gasteiger partial charge in [-0.15, -0.1) is 24.0 Å². The summed E-state index contributed by atoms with van der Waals surface area (Å²) in [7, 11) is 3.31. The van der Waals surface area contributed by atoms with Gasteiger partial charge in [-0.3, -0.25) is 0 Å². The molecule has 2 aromatic rings. The highest BCUT2D eigenvalue weighted by atomic mass is 127. The summed E-state index contributed by atoms with van der Waals surface area (Å²) in [4.78, 5) is 4.70. The van der Waals surface area contributed by atoms with Gasteiger partial charge < -0.3 is 25.2 Å². The second kappa shape index (κ2) is 10.9. The van der Waals surface area contributed by atoms with Crippen molar-refractivity contribution in [3.05, 3.63) is 59.2 Å². The van der Waals surface area contributed by atoms with Gasteiger partial charge in [0.2, 0.25) is 0 Å². The van der Waals surface area contributed by atoms with Crippen LogP contribution in [0.5, 0.6) is 11.5 Å². The van der Waals surface area contributed by atoms with Crippen molar-refractivity contribution < 1.29 is 14.6 Å². The number of aryl methyl sites for hydroxylation is 1. The number of fused-ring (bicyclic) bond motifs is 1. The fourth-order valence-electron chi connectivity index (χ4n) is 3.82. The molecule has 0 spiro atoms. The molecule has 1 aliphatic rings. The number of hydrogen-bond acceptors (Lipinski definition) is 4. The summed E-state index contributed by atoms with van der Waals surface area (Å²) in [6, 6.07) is 13.7. The van der Waals surface area contributed by atoms with Gasteiger partial charge in [-0.05, 0) is 56.0 Å². The zero-order valence-electron chi connectivity index (χ0n) is 18.1. The van der Waals surface area contributed by atoms with Gasteiger partial charge in [0.15, 0.2) is 5.96 Å². The zero-order chi connectivity index (χ0) is 20.9. The van der Waals surface area contributed by atoms with Crippen LogP contribution in [-0.4, -0.2) is 38.4 Å². The number of benzene rings is 2. The molecular formula is C23H32IN3O3. The van der Waals surface area contributed by atoms with Gasteiger partial charge in [-0.25, -0.2) is 4.99 Å². The van der Waals surface area contributed by atoms with Crippen LogP contribution in [0.1, 0.15) is 43.0 Å². The minimum atomic E-state index is -0.921. The molecule has 3 rings (SSSR count). The molecule has 0 amide bonds. The number of nitrogens with zero attached hydrogens (tertiary/aromatic N) is 1. The molecule has 2 unspecified atom stereocenters. The fourth-order valence-corrected chi connectivity index (χ4v) is 3.82. The second-order valence-electron chi connectivity index (χ2n) is 7.36. The number of aliphatic imine (C=N–C) groups is 1.